The molecule has 1 aliphatic heterocycles. The monoisotopic (exact) mass is 147 g/mol. The van der Waals surface area contributed by atoms with Crippen molar-refractivity contribution in [3.8, 4) is 0 Å². The first-order valence-electron chi connectivity index (χ1n) is 4.27. The summed E-state index contributed by atoms with van der Waals surface area (Å²) in [6.45, 7) is 1.14. The lowest BCUT2D eigenvalue weighted by Crippen LogP contribution is -2.21. The van der Waals surface area contributed by atoms with E-state index in [0.29, 0.717) is 0 Å². The van der Waals surface area contributed by atoms with Crippen molar-refractivity contribution in [2.24, 2.45) is 0 Å². The van der Waals surface area contributed by atoms with Gasteiger partial charge in [0.25, 0.3) is 0 Å². The molecular formula is C10H13N. The van der Waals surface area contributed by atoms with Gasteiger partial charge in [-0.2, -0.15) is 0 Å². The van der Waals surface area contributed by atoms with E-state index in [1.54, 1.807) is 0 Å². The molecule has 0 atom stereocenters. The minimum Gasteiger partial charge on any atom is -0.385 e. The third-order valence-corrected chi connectivity index (χ3v) is 2.18. The zero-order valence-corrected chi connectivity index (χ0v) is 6.64. The van der Waals surface area contributed by atoms with E-state index in [4.69, 9.17) is 0 Å². The van der Waals surface area contributed by atoms with Crippen molar-refractivity contribution in [3.63, 3.8) is 0 Å². The molecule has 2 aliphatic rings. The number of allylic oxidation sites excluding steroid dienone is 5. The fraction of sp³-hybridized carbons (Fsp3) is 0.400. The van der Waals surface area contributed by atoms with E-state index in [0.717, 1.165) is 13.0 Å². The van der Waals surface area contributed by atoms with Gasteiger partial charge < -0.3 is 5.32 Å². The lowest BCUT2D eigenvalue weighted by molar-refractivity contribution is 0.667. The normalized spacial score (nSPS) is 22.5. The number of piperidine rings is 1. The summed E-state index contributed by atoms with van der Waals surface area (Å²) in [5.41, 5.74) is 2.84. The van der Waals surface area contributed by atoms with Crippen molar-refractivity contribution in [1.29, 1.82) is 0 Å². The van der Waals surface area contributed by atoms with Crippen molar-refractivity contribution in [1.82, 2.24) is 5.32 Å². The summed E-state index contributed by atoms with van der Waals surface area (Å²) < 4.78 is 0. The topological polar surface area (TPSA) is 12.0 Å². The van der Waals surface area contributed by atoms with Crippen LogP contribution in [-0.2, 0) is 0 Å². The SMILES string of the molecule is C1=CCC=C2NCCCC2=C1. The molecule has 0 aromatic rings. The largest absolute Gasteiger partial charge is 0.385 e. The highest BCUT2D eigenvalue weighted by atomic mass is 14.9. The van der Waals surface area contributed by atoms with Crippen LogP contribution in [0.4, 0.5) is 0 Å². The highest BCUT2D eigenvalue weighted by Crippen LogP contribution is 2.20. The minimum absolute atomic E-state index is 1.07. The standard InChI is InChI=1S/C10H13N/c1-2-5-9-6-4-8-11-10(9)7-3-1/h1-2,5,7,11H,3-4,6,8H2. The quantitative estimate of drug-likeness (QED) is 0.553. The second-order valence-electron chi connectivity index (χ2n) is 3.00. The highest BCUT2D eigenvalue weighted by Gasteiger charge is 2.09. The van der Waals surface area contributed by atoms with E-state index < -0.39 is 0 Å². The van der Waals surface area contributed by atoms with Crippen LogP contribution in [0.5, 0.6) is 0 Å². The number of rotatable bonds is 0. The van der Waals surface area contributed by atoms with Crippen molar-refractivity contribution in [3.05, 3.63) is 35.6 Å². The molecule has 1 nitrogen and oxygen atoms in total. The average molecular weight is 147 g/mol. The summed E-state index contributed by atoms with van der Waals surface area (Å²) in [5.74, 6) is 0. The van der Waals surface area contributed by atoms with Crippen LogP contribution in [-0.4, -0.2) is 6.54 Å². The van der Waals surface area contributed by atoms with Gasteiger partial charge in [-0.05, 0) is 24.8 Å². The van der Waals surface area contributed by atoms with Gasteiger partial charge in [-0.25, -0.2) is 0 Å². The zero-order chi connectivity index (χ0) is 7.52. The Morgan fingerprint density at radius 1 is 1.36 bits per heavy atom. The van der Waals surface area contributed by atoms with Gasteiger partial charge in [0.15, 0.2) is 0 Å². The molecule has 0 unspecified atom stereocenters. The third-order valence-electron chi connectivity index (χ3n) is 2.18. The second kappa shape index (κ2) is 2.95. The Morgan fingerprint density at radius 3 is 3.36 bits per heavy atom. The predicted octanol–water partition coefficient (Wildman–Crippen LogP) is 2.14. The van der Waals surface area contributed by atoms with Crippen LogP contribution < -0.4 is 5.32 Å². The second-order valence-corrected chi connectivity index (χ2v) is 3.00. The Bertz CT molecular complexity index is 233. The lowest BCUT2D eigenvalue weighted by atomic mass is 10.0. The van der Waals surface area contributed by atoms with Gasteiger partial charge in [0.1, 0.15) is 0 Å². The van der Waals surface area contributed by atoms with Gasteiger partial charge in [0.2, 0.25) is 0 Å². The van der Waals surface area contributed by atoms with Crippen molar-refractivity contribution in [2.45, 2.75) is 19.3 Å². The highest BCUT2D eigenvalue weighted by molar-refractivity contribution is 5.36. The van der Waals surface area contributed by atoms with Crippen LogP contribution in [0.3, 0.4) is 0 Å². The molecule has 11 heavy (non-hydrogen) atoms. The molecule has 2 rings (SSSR count). The van der Waals surface area contributed by atoms with Gasteiger partial charge in [0.05, 0.1) is 0 Å². The Morgan fingerprint density at radius 2 is 2.36 bits per heavy atom. The molecule has 1 N–H and O–H groups in total. The molecule has 58 valence electrons. The molecule has 0 radical (unpaired) electrons. The molecule has 0 aromatic carbocycles. The summed E-state index contributed by atoms with van der Waals surface area (Å²) >= 11 is 0. The first-order chi connectivity index (χ1) is 5.47. The summed E-state index contributed by atoms with van der Waals surface area (Å²) in [6.07, 6.45) is 12.4. The predicted molar refractivity (Wildman–Crippen MR) is 47.2 cm³/mol. The molecule has 1 heteroatoms. The van der Waals surface area contributed by atoms with Gasteiger partial charge in [-0.15, -0.1) is 0 Å². The molecule has 0 saturated carbocycles. The summed E-state index contributed by atoms with van der Waals surface area (Å²) in [6, 6.07) is 0. The van der Waals surface area contributed by atoms with Crippen LogP contribution in [0.15, 0.2) is 35.6 Å². The van der Waals surface area contributed by atoms with Crippen LogP contribution in [0, 0.1) is 0 Å². The van der Waals surface area contributed by atoms with Crippen molar-refractivity contribution < 1.29 is 0 Å². The molecule has 1 heterocycles. The van der Waals surface area contributed by atoms with Crippen molar-refractivity contribution in [2.75, 3.05) is 6.54 Å². The zero-order valence-electron chi connectivity index (χ0n) is 6.64. The van der Waals surface area contributed by atoms with Gasteiger partial charge >= 0.3 is 0 Å². The van der Waals surface area contributed by atoms with E-state index in [2.05, 4.69) is 29.6 Å². The molecule has 0 aromatic heterocycles. The molecule has 0 amide bonds. The first kappa shape index (κ1) is 6.71. The Hall–Kier alpha value is -0.980. The molecule has 0 bridgehead atoms. The number of nitrogens with one attached hydrogen (secondary N) is 1. The maximum Gasteiger partial charge on any atom is 0.0335 e. The molecule has 1 fully saturated rings. The van der Waals surface area contributed by atoms with Crippen LogP contribution in [0.25, 0.3) is 0 Å². The fourth-order valence-corrected chi connectivity index (χ4v) is 1.58. The lowest BCUT2D eigenvalue weighted by Gasteiger charge is -2.19. The Labute approximate surface area is 67.5 Å². The number of hydrogen-bond donors (Lipinski definition) is 1. The van der Waals surface area contributed by atoms with E-state index in [1.165, 1.54) is 24.1 Å². The maximum atomic E-state index is 3.41. The van der Waals surface area contributed by atoms with Crippen LogP contribution >= 0.6 is 0 Å². The fourth-order valence-electron chi connectivity index (χ4n) is 1.58. The molecular weight excluding hydrogens is 134 g/mol. The van der Waals surface area contributed by atoms with Gasteiger partial charge in [-0.3, -0.25) is 0 Å². The third kappa shape index (κ3) is 1.37. The van der Waals surface area contributed by atoms with Gasteiger partial charge in [0, 0.05) is 12.2 Å². The van der Waals surface area contributed by atoms with Crippen molar-refractivity contribution >= 4 is 0 Å². The van der Waals surface area contributed by atoms with Crippen LogP contribution in [0.1, 0.15) is 19.3 Å². The smallest absolute Gasteiger partial charge is 0.0335 e. The van der Waals surface area contributed by atoms with Crippen LogP contribution in [0.2, 0.25) is 0 Å². The molecule has 0 spiro atoms. The summed E-state index contributed by atoms with van der Waals surface area (Å²) in [4.78, 5) is 0. The summed E-state index contributed by atoms with van der Waals surface area (Å²) in [5, 5.41) is 3.41. The van der Waals surface area contributed by atoms with E-state index in [9.17, 15) is 0 Å². The van der Waals surface area contributed by atoms with Gasteiger partial charge in [-0.1, -0.05) is 24.3 Å². The molecule has 1 aliphatic carbocycles. The van der Waals surface area contributed by atoms with E-state index in [1.807, 2.05) is 0 Å². The Balaban J connectivity index is 2.26. The average Bonchev–Trinajstić information content (AvgIpc) is 2.28. The number of fused-ring (bicyclic) bond motifs is 1. The number of hydrogen-bond acceptors (Lipinski definition) is 1. The van der Waals surface area contributed by atoms with E-state index >= 15 is 0 Å². The van der Waals surface area contributed by atoms with E-state index in [-0.39, 0.29) is 0 Å². The Kier molecular flexibility index (Phi) is 1.80. The maximum absolute atomic E-state index is 3.41. The first-order valence-corrected chi connectivity index (χ1v) is 4.27. The molecule has 1 saturated heterocycles. The minimum atomic E-state index is 1.07. The summed E-state index contributed by atoms with van der Waals surface area (Å²) in [7, 11) is 0.